The average Bonchev–Trinajstić information content (AvgIpc) is 2.55. The van der Waals surface area contributed by atoms with Crippen LogP contribution in [-0.4, -0.2) is 67.7 Å². The van der Waals surface area contributed by atoms with E-state index in [1.54, 1.807) is 0 Å². The maximum atomic E-state index is 9.30. The minimum absolute atomic E-state index is 0.0306. The van der Waals surface area contributed by atoms with Gasteiger partial charge in [0.05, 0.1) is 27.7 Å². The van der Waals surface area contributed by atoms with Crippen LogP contribution in [0.15, 0.2) is 0 Å². The molecule has 4 atom stereocenters. The van der Waals surface area contributed by atoms with Crippen LogP contribution in [0.2, 0.25) is 0 Å². The number of hydrogen-bond donors (Lipinski definition) is 1. The monoisotopic (exact) mass is 232 g/mol. The second-order valence-corrected chi connectivity index (χ2v) is 5.93. The number of fused-ring (bicyclic) bond motifs is 1. The third-order valence-corrected chi connectivity index (χ3v) is 3.07. The minimum Gasteiger partial charge on any atom is -0.394 e. The summed E-state index contributed by atoms with van der Waals surface area (Å²) in [5.41, 5.74) is 0. The highest BCUT2D eigenvalue weighted by molar-refractivity contribution is 4.94. The van der Waals surface area contributed by atoms with Crippen LogP contribution in [0.25, 0.3) is 0 Å². The Labute approximate surface area is 96.5 Å². The molecule has 0 spiro atoms. The molecule has 0 aromatic carbocycles. The van der Waals surface area contributed by atoms with Crippen LogP contribution in [0.4, 0.5) is 0 Å². The molecule has 0 radical (unpaired) electrons. The molecule has 0 saturated carbocycles. The van der Waals surface area contributed by atoms with E-state index in [2.05, 4.69) is 21.1 Å². The average molecular weight is 232 g/mol. The first-order chi connectivity index (χ1) is 7.24. The van der Waals surface area contributed by atoms with E-state index in [1.165, 1.54) is 0 Å². The number of aliphatic hydroxyl groups excluding tert-OH is 1. The molecule has 2 saturated heterocycles. The standard InChI is InChI=1S/C11H22NO4/c1-11(2)15-8-7(6-13)14-10(9(8)16-11)12(3,4)5/h7-10,13H,6H2,1-5H3/q+1. The van der Waals surface area contributed by atoms with Crippen molar-refractivity contribution in [3.8, 4) is 0 Å². The van der Waals surface area contributed by atoms with Gasteiger partial charge in [-0.05, 0) is 13.8 Å². The largest absolute Gasteiger partial charge is 0.394 e. The Balaban J connectivity index is 2.21. The highest BCUT2D eigenvalue weighted by atomic mass is 16.8. The van der Waals surface area contributed by atoms with Crippen LogP contribution in [-0.2, 0) is 14.2 Å². The van der Waals surface area contributed by atoms with E-state index in [9.17, 15) is 5.11 Å². The Morgan fingerprint density at radius 1 is 1.12 bits per heavy atom. The van der Waals surface area contributed by atoms with Crippen LogP contribution in [0.1, 0.15) is 13.8 Å². The number of ether oxygens (including phenoxy) is 3. The van der Waals surface area contributed by atoms with Crippen molar-refractivity contribution < 1.29 is 23.8 Å². The molecule has 0 amide bonds. The van der Waals surface area contributed by atoms with Gasteiger partial charge in [-0.15, -0.1) is 0 Å². The van der Waals surface area contributed by atoms with Crippen molar-refractivity contribution in [2.24, 2.45) is 0 Å². The lowest BCUT2D eigenvalue weighted by molar-refractivity contribution is -0.921. The number of aliphatic hydroxyl groups is 1. The van der Waals surface area contributed by atoms with Gasteiger partial charge in [0.2, 0.25) is 6.23 Å². The van der Waals surface area contributed by atoms with Crippen LogP contribution < -0.4 is 0 Å². The van der Waals surface area contributed by atoms with E-state index in [-0.39, 0.29) is 31.1 Å². The van der Waals surface area contributed by atoms with Crippen molar-refractivity contribution in [3.05, 3.63) is 0 Å². The van der Waals surface area contributed by atoms with Crippen molar-refractivity contribution in [2.75, 3.05) is 27.7 Å². The lowest BCUT2D eigenvalue weighted by Crippen LogP contribution is -2.51. The summed E-state index contributed by atoms with van der Waals surface area (Å²) >= 11 is 0. The molecule has 0 aromatic rings. The maximum absolute atomic E-state index is 9.30. The molecule has 2 aliphatic heterocycles. The molecule has 0 aliphatic carbocycles. The zero-order valence-electron chi connectivity index (χ0n) is 10.6. The summed E-state index contributed by atoms with van der Waals surface area (Å²) in [5, 5.41) is 9.30. The summed E-state index contributed by atoms with van der Waals surface area (Å²) in [5.74, 6) is -0.583. The smallest absolute Gasteiger partial charge is 0.222 e. The summed E-state index contributed by atoms with van der Waals surface area (Å²) in [6.45, 7) is 3.76. The van der Waals surface area contributed by atoms with Crippen LogP contribution in [0.5, 0.6) is 0 Å². The minimum atomic E-state index is -0.583. The summed E-state index contributed by atoms with van der Waals surface area (Å²) in [6, 6.07) is 0. The Morgan fingerprint density at radius 3 is 2.19 bits per heavy atom. The van der Waals surface area contributed by atoms with Crippen molar-refractivity contribution in [3.63, 3.8) is 0 Å². The Hall–Kier alpha value is -0.200. The van der Waals surface area contributed by atoms with Gasteiger partial charge in [-0.25, -0.2) is 0 Å². The van der Waals surface area contributed by atoms with Gasteiger partial charge in [0.1, 0.15) is 12.2 Å². The zero-order chi connectivity index (χ0) is 12.1. The number of likely N-dealkylation sites (N-methyl/N-ethyl adjacent to an activating group) is 1. The zero-order valence-corrected chi connectivity index (χ0v) is 10.6. The summed E-state index contributed by atoms with van der Waals surface area (Å²) in [6.07, 6.45) is -0.646. The van der Waals surface area contributed by atoms with Gasteiger partial charge < -0.3 is 23.8 Å². The molecule has 2 rings (SSSR count). The number of hydrogen-bond acceptors (Lipinski definition) is 4. The molecule has 0 bridgehead atoms. The summed E-state index contributed by atoms with van der Waals surface area (Å²) < 4.78 is 18.1. The predicted octanol–water partition coefficient (Wildman–Crippen LogP) is -0.0701. The molecule has 1 N–H and O–H groups in total. The lowest BCUT2D eigenvalue weighted by Gasteiger charge is -2.34. The summed E-state index contributed by atoms with van der Waals surface area (Å²) in [4.78, 5) is 0. The van der Waals surface area contributed by atoms with E-state index in [0.717, 1.165) is 0 Å². The number of nitrogens with zero attached hydrogens (tertiary/aromatic N) is 1. The highest BCUT2D eigenvalue weighted by Crippen LogP contribution is 2.40. The van der Waals surface area contributed by atoms with Crippen molar-refractivity contribution in [1.82, 2.24) is 0 Å². The van der Waals surface area contributed by atoms with E-state index in [0.29, 0.717) is 4.48 Å². The molecule has 2 aliphatic rings. The molecule has 94 valence electrons. The SMILES string of the molecule is CC1(C)OC2C(CO)OC([N+](C)(C)C)C2O1. The van der Waals surface area contributed by atoms with E-state index < -0.39 is 5.79 Å². The lowest BCUT2D eigenvalue weighted by atomic mass is 10.1. The molecule has 0 aromatic heterocycles. The van der Waals surface area contributed by atoms with Gasteiger partial charge >= 0.3 is 0 Å². The normalized spacial score (nSPS) is 42.4. The number of quaternary nitrogens is 1. The second kappa shape index (κ2) is 3.65. The first kappa shape index (κ1) is 12.3. The number of rotatable bonds is 2. The third-order valence-electron chi connectivity index (χ3n) is 3.07. The Kier molecular flexibility index (Phi) is 2.79. The maximum Gasteiger partial charge on any atom is 0.222 e. The van der Waals surface area contributed by atoms with Crippen LogP contribution in [0, 0.1) is 0 Å². The Morgan fingerprint density at radius 2 is 1.69 bits per heavy atom. The molecule has 2 heterocycles. The van der Waals surface area contributed by atoms with Gasteiger partial charge in [0, 0.05) is 0 Å². The Bertz CT molecular complexity index is 274. The molecule has 5 heteroatoms. The second-order valence-electron chi connectivity index (χ2n) is 5.93. The fourth-order valence-corrected chi connectivity index (χ4v) is 2.43. The van der Waals surface area contributed by atoms with Gasteiger partial charge in [-0.1, -0.05) is 0 Å². The fraction of sp³-hybridized carbons (Fsp3) is 1.00. The third kappa shape index (κ3) is 1.98. The van der Waals surface area contributed by atoms with Gasteiger partial charge in [-0.3, -0.25) is 0 Å². The first-order valence-corrected chi connectivity index (χ1v) is 5.68. The van der Waals surface area contributed by atoms with Crippen LogP contribution in [0.3, 0.4) is 0 Å². The topological polar surface area (TPSA) is 47.9 Å². The molecule has 5 nitrogen and oxygen atoms in total. The van der Waals surface area contributed by atoms with Gasteiger partial charge in [-0.2, -0.15) is 0 Å². The van der Waals surface area contributed by atoms with Crippen molar-refractivity contribution in [2.45, 2.75) is 44.2 Å². The van der Waals surface area contributed by atoms with Gasteiger partial charge in [0.25, 0.3) is 0 Å². The molecular weight excluding hydrogens is 210 g/mol. The quantitative estimate of drug-likeness (QED) is 0.677. The predicted molar refractivity (Wildman–Crippen MR) is 57.6 cm³/mol. The van der Waals surface area contributed by atoms with Gasteiger partial charge in [0.15, 0.2) is 11.9 Å². The molecule has 16 heavy (non-hydrogen) atoms. The van der Waals surface area contributed by atoms with E-state index in [1.807, 2.05) is 13.8 Å². The highest BCUT2D eigenvalue weighted by Gasteiger charge is 2.59. The molecule has 4 unspecified atom stereocenters. The molecule has 2 fully saturated rings. The fourth-order valence-electron chi connectivity index (χ4n) is 2.43. The van der Waals surface area contributed by atoms with Crippen molar-refractivity contribution >= 4 is 0 Å². The van der Waals surface area contributed by atoms with Crippen molar-refractivity contribution in [1.29, 1.82) is 0 Å². The van der Waals surface area contributed by atoms with Crippen LogP contribution >= 0.6 is 0 Å². The van der Waals surface area contributed by atoms with E-state index in [4.69, 9.17) is 14.2 Å². The van der Waals surface area contributed by atoms with E-state index >= 15 is 0 Å². The first-order valence-electron chi connectivity index (χ1n) is 5.68. The summed E-state index contributed by atoms with van der Waals surface area (Å²) in [7, 11) is 6.16. The molecular formula is C11H22NO4+.